The van der Waals surface area contributed by atoms with Gasteiger partial charge in [0.15, 0.2) is 11.5 Å². The van der Waals surface area contributed by atoms with Crippen molar-refractivity contribution in [3.8, 4) is 11.3 Å². The summed E-state index contributed by atoms with van der Waals surface area (Å²) in [6.07, 6.45) is 6.78. The zero-order chi connectivity index (χ0) is 17.2. The molecule has 1 aromatic carbocycles. The topological polar surface area (TPSA) is 98.2 Å². The van der Waals surface area contributed by atoms with Crippen LogP contribution in [0.2, 0.25) is 0 Å². The van der Waals surface area contributed by atoms with E-state index in [0.717, 1.165) is 16.9 Å². The summed E-state index contributed by atoms with van der Waals surface area (Å²) >= 11 is 0. The summed E-state index contributed by atoms with van der Waals surface area (Å²) in [7, 11) is 0. The second-order valence-corrected chi connectivity index (χ2v) is 5.41. The molecule has 0 aliphatic heterocycles. The summed E-state index contributed by atoms with van der Waals surface area (Å²) < 4.78 is 1.96. The van der Waals surface area contributed by atoms with Gasteiger partial charge < -0.3 is 15.5 Å². The summed E-state index contributed by atoms with van der Waals surface area (Å²) in [5, 5.41) is 2.76. The van der Waals surface area contributed by atoms with Crippen LogP contribution in [-0.2, 0) is 0 Å². The number of nitrogens with one attached hydrogen (secondary N) is 1. The lowest BCUT2D eigenvalue weighted by Crippen LogP contribution is -2.16. The van der Waals surface area contributed by atoms with Crippen molar-refractivity contribution in [1.82, 2.24) is 19.4 Å². The molecule has 0 atom stereocenters. The van der Waals surface area contributed by atoms with Crippen LogP contribution in [0, 0.1) is 0 Å². The van der Waals surface area contributed by atoms with Gasteiger partial charge in [-0.25, -0.2) is 15.0 Å². The number of nitrogens with two attached hydrogens (primary N) is 1. The molecule has 3 heterocycles. The summed E-state index contributed by atoms with van der Waals surface area (Å²) in [6.45, 7) is 0. The summed E-state index contributed by atoms with van der Waals surface area (Å²) in [4.78, 5) is 24.6. The van der Waals surface area contributed by atoms with Gasteiger partial charge >= 0.3 is 0 Å². The van der Waals surface area contributed by atoms with Gasteiger partial charge in [0, 0.05) is 36.0 Å². The molecule has 3 N–H and O–H groups in total. The fourth-order valence-electron chi connectivity index (χ4n) is 2.51. The number of hydrogen-bond acceptors (Lipinski definition) is 5. The van der Waals surface area contributed by atoms with Crippen molar-refractivity contribution in [2.24, 2.45) is 0 Å². The molecule has 0 fully saturated rings. The highest BCUT2D eigenvalue weighted by Crippen LogP contribution is 2.21. The molecule has 26 heavy (non-hydrogen) atoms. The Morgan fingerprint density at radius 1 is 1.04 bits per heavy atom. The molecule has 4 aromatic rings. The van der Waals surface area contributed by atoms with Crippen LogP contribution in [0.5, 0.6) is 0 Å². The van der Waals surface area contributed by atoms with Crippen LogP contribution in [0.3, 0.4) is 0 Å². The number of hydrogen-bond donors (Lipinski definition) is 2. The van der Waals surface area contributed by atoms with E-state index >= 15 is 0 Å². The molecule has 1 amide bonds. The van der Waals surface area contributed by atoms with E-state index < -0.39 is 5.91 Å². The highest BCUT2D eigenvalue weighted by molar-refractivity contribution is 6.05. The number of carbonyl (C=O) groups is 1. The largest absolute Gasteiger partial charge is 0.382 e. The molecular weight excluding hydrogens is 352 g/mol. The average molecular weight is 367 g/mol. The van der Waals surface area contributed by atoms with Gasteiger partial charge in [0.25, 0.3) is 5.91 Å². The number of pyridine rings is 1. The van der Waals surface area contributed by atoms with Crippen molar-refractivity contribution >= 4 is 35.5 Å². The smallest absolute Gasteiger partial charge is 0.278 e. The van der Waals surface area contributed by atoms with Gasteiger partial charge in [-0.3, -0.25) is 4.79 Å². The van der Waals surface area contributed by atoms with E-state index in [0.29, 0.717) is 5.69 Å². The third-order valence-electron chi connectivity index (χ3n) is 3.74. The van der Waals surface area contributed by atoms with E-state index in [2.05, 4.69) is 20.3 Å². The van der Waals surface area contributed by atoms with Crippen molar-refractivity contribution in [2.75, 3.05) is 11.1 Å². The van der Waals surface area contributed by atoms with Crippen LogP contribution >= 0.6 is 12.4 Å². The predicted molar refractivity (Wildman–Crippen MR) is 102 cm³/mol. The lowest BCUT2D eigenvalue weighted by Gasteiger charge is -2.06. The molecule has 0 aliphatic rings. The van der Waals surface area contributed by atoms with Gasteiger partial charge in [-0.2, -0.15) is 0 Å². The van der Waals surface area contributed by atoms with Crippen LogP contribution < -0.4 is 11.1 Å². The Morgan fingerprint density at radius 3 is 2.54 bits per heavy atom. The molecule has 130 valence electrons. The van der Waals surface area contributed by atoms with Gasteiger partial charge in [-0.1, -0.05) is 18.2 Å². The Balaban J connectivity index is 0.00000196. The fourth-order valence-corrected chi connectivity index (χ4v) is 2.51. The van der Waals surface area contributed by atoms with E-state index in [9.17, 15) is 4.79 Å². The zero-order valence-corrected chi connectivity index (χ0v) is 14.4. The molecule has 0 bridgehead atoms. The Bertz CT molecular complexity index is 1030. The Hall–Kier alpha value is -3.45. The molecule has 8 heteroatoms. The van der Waals surface area contributed by atoms with Crippen molar-refractivity contribution in [2.45, 2.75) is 0 Å². The maximum absolute atomic E-state index is 12.2. The van der Waals surface area contributed by atoms with Crippen LogP contribution in [0.15, 0.2) is 67.3 Å². The number of aromatic nitrogens is 4. The molecular formula is C18H15ClN6O. The standard InChI is InChI=1S/C18H14N6O.ClH/c19-17-16(20-8-9-21-17)18(25)22-13-6-4-12(5-7-13)14-11-24-10-2-1-3-15(24)23-14;/h1-11H,(H2,19,21)(H,22,25);1H. The fraction of sp³-hybridized carbons (Fsp3) is 0. The number of nitrogen functional groups attached to an aromatic ring is 1. The quantitative estimate of drug-likeness (QED) is 0.580. The highest BCUT2D eigenvalue weighted by atomic mass is 35.5. The zero-order valence-electron chi connectivity index (χ0n) is 13.5. The Kier molecular flexibility index (Phi) is 4.81. The SMILES string of the molecule is Cl.Nc1nccnc1C(=O)Nc1ccc(-c2cn3ccccc3n2)cc1. The first-order valence-corrected chi connectivity index (χ1v) is 7.63. The van der Waals surface area contributed by atoms with E-state index in [1.165, 1.54) is 12.4 Å². The van der Waals surface area contributed by atoms with Gasteiger partial charge in [0.05, 0.1) is 5.69 Å². The molecule has 0 spiro atoms. The molecule has 4 rings (SSSR count). The molecule has 0 radical (unpaired) electrons. The number of halogens is 1. The van der Waals surface area contributed by atoms with Gasteiger partial charge in [-0.15, -0.1) is 12.4 Å². The summed E-state index contributed by atoms with van der Waals surface area (Å²) in [5.74, 6) is -0.299. The minimum Gasteiger partial charge on any atom is -0.382 e. The lowest BCUT2D eigenvalue weighted by atomic mass is 10.1. The number of fused-ring (bicyclic) bond motifs is 1. The second kappa shape index (κ2) is 7.20. The molecule has 3 aromatic heterocycles. The minimum atomic E-state index is -0.397. The van der Waals surface area contributed by atoms with Crippen LogP contribution in [0.1, 0.15) is 10.5 Å². The predicted octanol–water partition coefficient (Wildman–Crippen LogP) is 3.05. The van der Waals surface area contributed by atoms with Crippen LogP contribution in [0.4, 0.5) is 11.5 Å². The normalized spacial score (nSPS) is 10.3. The number of rotatable bonds is 3. The molecule has 0 saturated carbocycles. The first-order chi connectivity index (χ1) is 12.2. The molecule has 0 unspecified atom stereocenters. The molecule has 7 nitrogen and oxygen atoms in total. The third kappa shape index (κ3) is 3.33. The highest BCUT2D eigenvalue weighted by Gasteiger charge is 2.12. The van der Waals surface area contributed by atoms with Crippen LogP contribution in [0.25, 0.3) is 16.9 Å². The second-order valence-electron chi connectivity index (χ2n) is 5.41. The summed E-state index contributed by atoms with van der Waals surface area (Å²) in [5.41, 5.74) is 9.12. The lowest BCUT2D eigenvalue weighted by molar-refractivity contribution is 0.102. The first-order valence-electron chi connectivity index (χ1n) is 7.63. The Morgan fingerprint density at radius 2 is 1.81 bits per heavy atom. The van der Waals surface area contributed by atoms with Crippen LogP contribution in [-0.4, -0.2) is 25.3 Å². The molecule has 0 saturated heterocycles. The van der Waals surface area contributed by atoms with Gasteiger partial charge in [0.2, 0.25) is 0 Å². The van der Waals surface area contributed by atoms with Gasteiger partial charge in [-0.05, 0) is 24.3 Å². The molecule has 0 aliphatic carbocycles. The number of benzene rings is 1. The number of imidazole rings is 1. The number of anilines is 2. The van der Waals surface area contributed by atoms with Crippen molar-refractivity contribution < 1.29 is 4.79 Å². The third-order valence-corrected chi connectivity index (χ3v) is 3.74. The van der Waals surface area contributed by atoms with E-state index in [-0.39, 0.29) is 23.9 Å². The average Bonchev–Trinajstić information content (AvgIpc) is 3.07. The maximum atomic E-state index is 12.2. The summed E-state index contributed by atoms with van der Waals surface area (Å²) in [6, 6.07) is 13.3. The van der Waals surface area contributed by atoms with E-state index in [1.54, 1.807) is 0 Å². The van der Waals surface area contributed by atoms with Crippen molar-refractivity contribution in [1.29, 1.82) is 0 Å². The Labute approximate surface area is 155 Å². The van der Waals surface area contributed by atoms with E-state index in [4.69, 9.17) is 5.73 Å². The maximum Gasteiger partial charge on any atom is 0.278 e. The monoisotopic (exact) mass is 366 g/mol. The van der Waals surface area contributed by atoms with Crippen molar-refractivity contribution in [3.63, 3.8) is 0 Å². The van der Waals surface area contributed by atoms with Crippen molar-refractivity contribution in [3.05, 3.63) is 72.9 Å². The number of amides is 1. The first kappa shape index (κ1) is 17.4. The number of carbonyl (C=O) groups excluding carboxylic acids is 1. The van der Waals surface area contributed by atoms with E-state index in [1.807, 2.05) is 59.3 Å². The van der Waals surface area contributed by atoms with Gasteiger partial charge in [0.1, 0.15) is 5.65 Å². The minimum absolute atomic E-state index is 0. The number of nitrogens with zero attached hydrogens (tertiary/aromatic N) is 4.